The number of methoxy groups -OCH3 is 2. The number of ether oxygens (including phenoxy) is 2. The van der Waals surface area contributed by atoms with Gasteiger partial charge in [0.25, 0.3) is 5.56 Å². The monoisotopic (exact) mass is 559 g/mol. The van der Waals surface area contributed by atoms with E-state index in [2.05, 4.69) is 10.1 Å². The second-order valence-electron chi connectivity index (χ2n) is 9.27. The number of amides is 1. The van der Waals surface area contributed by atoms with E-state index < -0.39 is 17.9 Å². The molecule has 1 unspecified atom stereocenters. The van der Waals surface area contributed by atoms with E-state index in [1.54, 1.807) is 36.4 Å². The van der Waals surface area contributed by atoms with Gasteiger partial charge in [0, 0.05) is 39.9 Å². The maximum atomic E-state index is 13.7. The molecule has 2 heterocycles. The average molecular weight is 560 g/mol. The first kappa shape index (κ1) is 27.0. The van der Waals surface area contributed by atoms with Crippen LogP contribution in [0.1, 0.15) is 36.4 Å². The summed E-state index contributed by atoms with van der Waals surface area (Å²) < 4.78 is 11.0. The van der Waals surface area contributed by atoms with Crippen molar-refractivity contribution in [3.8, 4) is 22.6 Å². The molecule has 1 amide bonds. The molecule has 40 heavy (non-hydrogen) atoms. The first-order chi connectivity index (χ1) is 19.3. The van der Waals surface area contributed by atoms with Crippen molar-refractivity contribution in [3.63, 3.8) is 0 Å². The normalized spacial score (nSPS) is 14.7. The molecule has 0 spiro atoms. The minimum Gasteiger partial charge on any atom is -0.497 e. The minimum atomic E-state index is -1.10. The topological polar surface area (TPSA) is 121 Å². The number of benzene rings is 3. The number of carbonyl (C=O) groups excluding carboxylic acids is 1. The van der Waals surface area contributed by atoms with Crippen LogP contribution in [0.15, 0.2) is 76.6 Å². The number of carboxylic acids is 1. The highest BCUT2D eigenvalue weighted by Gasteiger charge is 2.37. The van der Waals surface area contributed by atoms with E-state index in [-0.39, 0.29) is 24.8 Å². The van der Waals surface area contributed by atoms with Crippen molar-refractivity contribution in [1.29, 1.82) is 0 Å². The molecule has 0 aliphatic carbocycles. The molecule has 1 aromatic heterocycles. The number of hydrogen-bond acceptors (Lipinski definition) is 6. The zero-order valence-corrected chi connectivity index (χ0v) is 22.6. The molecule has 1 aliphatic heterocycles. The van der Waals surface area contributed by atoms with Crippen molar-refractivity contribution in [2.75, 3.05) is 14.2 Å². The predicted molar refractivity (Wildman–Crippen MR) is 152 cm³/mol. The summed E-state index contributed by atoms with van der Waals surface area (Å²) in [6.07, 6.45) is -0.437. The highest BCUT2D eigenvalue weighted by Crippen LogP contribution is 2.41. The molecule has 10 heteroatoms. The lowest BCUT2D eigenvalue weighted by molar-refractivity contribution is -0.141. The number of halogens is 1. The molecule has 0 saturated heterocycles. The molecular weight excluding hydrogens is 534 g/mol. The number of nitrogens with zero attached hydrogens (tertiary/aromatic N) is 2. The number of fused-ring (bicyclic) bond motifs is 1. The van der Waals surface area contributed by atoms with Gasteiger partial charge >= 0.3 is 5.97 Å². The van der Waals surface area contributed by atoms with Gasteiger partial charge in [-0.1, -0.05) is 41.9 Å². The third kappa shape index (κ3) is 5.15. The number of H-pyrrole nitrogens is 1. The number of aliphatic carboxylic acids is 1. The van der Waals surface area contributed by atoms with Crippen molar-refractivity contribution >= 4 is 40.1 Å². The van der Waals surface area contributed by atoms with Crippen molar-refractivity contribution in [3.05, 3.63) is 93.2 Å². The van der Waals surface area contributed by atoms with Crippen molar-refractivity contribution < 1.29 is 24.2 Å². The molecule has 3 aromatic carbocycles. The Labute approximate surface area is 234 Å². The molecule has 2 N–H and O–H groups in total. The molecule has 4 aromatic rings. The highest BCUT2D eigenvalue weighted by atomic mass is 35.5. The Hall–Kier alpha value is -4.63. The van der Waals surface area contributed by atoms with Gasteiger partial charge in [0.2, 0.25) is 5.91 Å². The summed E-state index contributed by atoms with van der Waals surface area (Å²) in [5.74, 6) is -0.540. The average Bonchev–Trinajstić information content (AvgIpc) is 3.40. The number of aromatic amines is 1. The number of pyridine rings is 1. The second-order valence-corrected chi connectivity index (χ2v) is 9.70. The van der Waals surface area contributed by atoms with Crippen molar-refractivity contribution in [1.82, 2.24) is 9.99 Å². The number of nitrogens with one attached hydrogen (secondary N) is 1. The van der Waals surface area contributed by atoms with Gasteiger partial charge in [-0.2, -0.15) is 5.10 Å². The van der Waals surface area contributed by atoms with Crippen LogP contribution in [-0.2, 0) is 9.59 Å². The molecular formula is C30H26ClN3O6. The maximum absolute atomic E-state index is 13.7. The zero-order valence-electron chi connectivity index (χ0n) is 21.8. The summed E-state index contributed by atoms with van der Waals surface area (Å²) in [6.45, 7) is 0. The summed E-state index contributed by atoms with van der Waals surface area (Å²) >= 11 is 6.37. The molecule has 0 saturated carbocycles. The van der Waals surface area contributed by atoms with Gasteiger partial charge in [0.15, 0.2) is 0 Å². The number of carboxylic acid groups (broad SMARTS) is 1. The molecule has 1 aliphatic rings. The van der Waals surface area contributed by atoms with Crippen LogP contribution in [0.4, 0.5) is 0 Å². The molecule has 0 bridgehead atoms. The SMILES string of the molecule is COc1ccc(OC)c(C2CC(c3c(-c4ccccc4)c4cc(Cl)ccc4[nH]c3=O)=NN2C(=O)CCC(=O)O)c1. The van der Waals surface area contributed by atoms with Crippen molar-refractivity contribution in [2.24, 2.45) is 5.10 Å². The van der Waals surface area contributed by atoms with Crippen LogP contribution in [0.5, 0.6) is 11.5 Å². The molecule has 9 nitrogen and oxygen atoms in total. The molecule has 0 fully saturated rings. The maximum Gasteiger partial charge on any atom is 0.303 e. The van der Waals surface area contributed by atoms with Crippen LogP contribution in [0, 0.1) is 0 Å². The summed E-state index contributed by atoms with van der Waals surface area (Å²) in [7, 11) is 3.05. The van der Waals surface area contributed by atoms with Gasteiger partial charge < -0.3 is 19.6 Å². The van der Waals surface area contributed by atoms with Gasteiger partial charge in [-0.05, 0) is 42.0 Å². The van der Waals surface area contributed by atoms with Crippen LogP contribution in [-0.4, -0.2) is 46.9 Å². The van der Waals surface area contributed by atoms with E-state index in [1.165, 1.54) is 19.2 Å². The molecule has 5 rings (SSSR count). The van der Waals surface area contributed by atoms with Gasteiger partial charge in [0.1, 0.15) is 11.5 Å². The van der Waals surface area contributed by atoms with Gasteiger partial charge in [0.05, 0.1) is 38.0 Å². The smallest absolute Gasteiger partial charge is 0.303 e. The lowest BCUT2D eigenvalue weighted by Crippen LogP contribution is -2.27. The summed E-state index contributed by atoms with van der Waals surface area (Å²) in [5.41, 5.74) is 2.95. The first-order valence-corrected chi connectivity index (χ1v) is 12.9. The van der Waals surface area contributed by atoms with Crippen LogP contribution in [0.2, 0.25) is 5.02 Å². The van der Waals surface area contributed by atoms with E-state index in [0.717, 1.165) is 10.9 Å². The van der Waals surface area contributed by atoms with E-state index in [4.69, 9.17) is 21.1 Å². The van der Waals surface area contributed by atoms with Crippen LogP contribution >= 0.6 is 11.6 Å². The summed E-state index contributed by atoms with van der Waals surface area (Å²) in [5, 5.41) is 16.3. The molecule has 1 atom stereocenters. The third-order valence-corrected chi connectivity index (χ3v) is 7.08. The quantitative estimate of drug-likeness (QED) is 0.298. The third-order valence-electron chi connectivity index (χ3n) is 6.84. The molecule has 0 radical (unpaired) electrons. The largest absolute Gasteiger partial charge is 0.497 e. The summed E-state index contributed by atoms with van der Waals surface area (Å²) in [6, 6.07) is 19.2. The highest BCUT2D eigenvalue weighted by molar-refractivity contribution is 6.31. The Kier molecular flexibility index (Phi) is 7.57. The van der Waals surface area contributed by atoms with Crippen LogP contribution in [0.3, 0.4) is 0 Å². The lowest BCUT2D eigenvalue weighted by atomic mass is 9.90. The minimum absolute atomic E-state index is 0.178. The molecule has 204 valence electrons. The fourth-order valence-corrected chi connectivity index (χ4v) is 5.18. The van der Waals surface area contributed by atoms with E-state index >= 15 is 0 Å². The Morgan fingerprint density at radius 3 is 2.50 bits per heavy atom. The fraction of sp³-hybridized carbons (Fsp3) is 0.200. The zero-order chi connectivity index (χ0) is 28.4. The number of rotatable bonds is 8. The Balaban J connectivity index is 1.72. The van der Waals surface area contributed by atoms with E-state index in [0.29, 0.717) is 44.4 Å². The standard InChI is InChI=1S/C30H26ClN3O6/c1-39-19-9-11-25(40-2)21(15-19)24-16-23(33-34(24)26(35)12-13-27(36)37)29-28(17-6-4-3-5-7-17)20-14-18(31)8-10-22(20)32-30(29)38/h3-11,14-15,24H,12-13,16H2,1-2H3,(H,32,38)(H,36,37). The van der Waals surface area contributed by atoms with E-state index in [9.17, 15) is 19.5 Å². The van der Waals surface area contributed by atoms with Crippen molar-refractivity contribution in [2.45, 2.75) is 25.3 Å². The Bertz CT molecular complexity index is 1700. The van der Waals surface area contributed by atoms with Crippen LogP contribution < -0.4 is 15.0 Å². The number of carbonyl (C=O) groups is 2. The van der Waals surface area contributed by atoms with Gasteiger partial charge in [-0.25, -0.2) is 5.01 Å². The lowest BCUT2D eigenvalue weighted by Gasteiger charge is -2.24. The van der Waals surface area contributed by atoms with Gasteiger partial charge in [-0.15, -0.1) is 0 Å². The van der Waals surface area contributed by atoms with E-state index in [1.807, 2.05) is 30.3 Å². The number of aromatic nitrogens is 1. The van der Waals surface area contributed by atoms with Gasteiger partial charge in [-0.3, -0.25) is 14.4 Å². The Morgan fingerprint density at radius 1 is 1.02 bits per heavy atom. The first-order valence-electron chi connectivity index (χ1n) is 12.5. The number of hydrazone groups is 1. The van der Waals surface area contributed by atoms with Crippen LogP contribution in [0.25, 0.3) is 22.0 Å². The number of hydrogen-bond donors (Lipinski definition) is 2. The predicted octanol–water partition coefficient (Wildman–Crippen LogP) is 5.41. The fourth-order valence-electron chi connectivity index (χ4n) is 5.01. The second kappa shape index (κ2) is 11.2. The Morgan fingerprint density at radius 2 is 1.80 bits per heavy atom. The summed E-state index contributed by atoms with van der Waals surface area (Å²) in [4.78, 5) is 41.2.